The van der Waals surface area contributed by atoms with E-state index < -0.39 is 17.8 Å². The largest absolute Gasteiger partial charge is 0.462 e. The first-order valence-electron chi connectivity index (χ1n) is 8.09. The van der Waals surface area contributed by atoms with Gasteiger partial charge in [0.25, 0.3) is 0 Å². The zero-order chi connectivity index (χ0) is 19.6. The molecule has 0 heterocycles. The molecule has 140 valence electrons. The lowest BCUT2D eigenvalue weighted by molar-refractivity contribution is -0.136. The molecule has 2 aromatic rings. The second kappa shape index (κ2) is 10.1. The van der Waals surface area contributed by atoms with Crippen molar-refractivity contribution in [3.8, 4) is 0 Å². The van der Waals surface area contributed by atoms with Gasteiger partial charge in [0.1, 0.15) is 0 Å². The van der Waals surface area contributed by atoms with Crippen LogP contribution in [-0.4, -0.2) is 36.9 Å². The molecule has 2 rings (SSSR count). The van der Waals surface area contributed by atoms with Gasteiger partial charge in [-0.3, -0.25) is 9.59 Å². The third-order valence-electron chi connectivity index (χ3n) is 3.36. The monoisotopic (exact) mass is 385 g/mol. The molecule has 0 radical (unpaired) electrons. The van der Waals surface area contributed by atoms with Crippen molar-refractivity contribution < 1.29 is 19.1 Å². The van der Waals surface area contributed by atoms with Crippen molar-refractivity contribution in [2.75, 3.05) is 18.2 Å². The van der Waals surface area contributed by atoms with Crippen LogP contribution in [0.3, 0.4) is 0 Å². The summed E-state index contributed by atoms with van der Waals surface area (Å²) in [6.45, 7) is 1.99. The molecule has 2 amide bonds. The molecule has 0 fully saturated rings. The van der Waals surface area contributed by atoms with Crippen LogP contribution in [0.4, 0.5) is 5.69 Å². The number of hydrazone groups is 1. The van der Waals surface area contributed by atoms with Crippen LogP contribution in [0.15, 0.2) is 58.5 Å². The highest BCUT2D eigenvalue weighted by molar-refractivity contribution is 7.98. The molecule has 7 nitrogen and oxygen atoms in total. The van der Waals surface area contributed by atoms with E-state index in [1.54, 1.807) is 18.7 Å². The summed E-state index contributed by atoms with van der Waals surface area (Å²) in [6.07, 6.45) is 3.43. The first-order chi connectivity index (χ1) is 13.0. The van der Waals surface area contributed by atoms with Crippen LogP contribution in [0, 0.1) is 0 Å². The lowest BCUT2D eigenvalue weighted by atomic mass is 10.2. The molecular weight excluding hydrogens is 366 g/mol. The van der Waals surface area contributed by atoms with Crippen molar-refractivity contribution >= 4 is 41.4 Å². The Balaban J connectivity index is 1.86. The molecule has 0 aliphatic heterocycles. The minimum atomic E-state index is -0.901. The lowest BCUT2D eigenvalue weighted by Gasteiger charge is -2.05. The molecule has 0 spiro atoms. The zero-order valence-corrected chi connectivity index (χ0v) is 15.7. The Morgan fingerprint density at radius 2 is 1.70 bits per heavy atom. The number of benzene rings is 2. The number of ether oxygens (including phenoxy) is 1. The standard InChI is InChI=1S/C19H19N3O4S/c1-3-26-19(25)14-6-8-15(9-7-14)21-17(23)18(24)22-20-12-13-4-10-16(27-2)11-5-13/h4-12H,3H2,1-2H3,(H,21,23)(H,22,24)/b20-12+. The van der Waals surface area contributed by atoms with Crippen molar-refractivity contribution in [3.63, 3.8) is 0 Å². The van der Waals surface area contributed by atoms with Crippen molar-refractivity contribution in [1.29, 1.82) is 0 Å². The van der Waals surface area contributed by atoms with Crippen LogP contribution in [0.25, 0.3) is 0 Å². The number of amides is 2. The predicted octanol–water partition coefficient (Wildman–Crippen LogP) is 2.67. The Labute approximate surface area is 161 Å². The molecule has 27 heavy (non-hydrogen) atoms. The number of carbonyl (C=O) groups is 3. The second-order valence-corrected chi connectivity index (χ2v) is 6.10. The van der Waals surface area contributed by atoms with E-state index in [1.165, 1.54) is 30.5 Å². The predicted molar refractivity (Wildman–Crippen MR) is 105 cm³/mol. The number of anilines is 1. The number of thioether (sulfide) groups is 1. The average Bonchev–Trinajstić information content (AvgIpc) is 2.69. The van der Waals surface area contributed by atoms with Crippen LogP contribution in [0.2, 0.25) is 0 Å². The first-order valence-corrected chi connectivity index (χ1v) is 9.31. The summed E-state index contributed by atoms with van der Waals surface area (Å²) in [5.74, 6) is -2.22. The van der Waals surface area contributed by atoms with Crippen LogP contribution < -0.4 is 10.7 Å². The molecule has 0 atom stereocenters. The van der Waals surface area contributed by atoms with Gasteiger partial charge in [0.2, 0.25) is 0 Å². The van der Waals surface area contributed by atoms with Crippen molar-refractivity contribution in [3.05, 3.63) is 59.7 Å². The third-order valence-corrected chi connectivity index (χ3v) is 4.10. The Morgan fingerprint density at radius 3 is 2.30 bits per heavy atom. The van der Waals surface area contributed by atoms with E-state index in [0.717, 1.165) is 10.5 Å². The third kappa shape index (κ3) is 6.27. The average molecular weight is 385 g/mol. The van der Waals surface area contributed by atoms with Gasteiger partial charge in [0, 0.05) is 10.6 Å². The summed E-state index contributed by atoms with van der Waals surface area (Å²) in [5, 5.41) is 6.19. The summed E-state index contributed by atoms with van der Waals surface area (Å²) in [4.78, 5) is 36.3. The van der Waals surface area contributed by atoms with Gasteiger partial charge in [-0.05, 0) is 55.1 Å². The van der Waals surface area contributed by atoms with Crippen molar-refractivity contribution in [2.24, 2.45) is 5.10 Å². The van der Waals surface area contributed by atoms with E-state index >= 15 is 0 Å². The number of hydrogen-bond acceptors (Lipinski definition) is 6. The molecule has 0 saturated heterocycles. The summed E-state index contributed by atoms with van der Waals surface area (Å²) in [6, 6.07) is 13.6. The van der Waals surface area contributed by atoms with Crippen LogP contribution in [0.5, 0.6) is 0 Å². The maximum atomic E-state index is 11.9. The van der Waals surface area contributed by atoms with Gasteiger partial charge in [-0.15, -0.1) is 11.8 Å². The van der Waals surface area contributed by atoms with E-state index in [0.29, 0.717) is 11.3 Å². The Kier molecular flexibility index (Phi) is 7.57. The molecule has 0 unspecified atom stereocenters. The Hall–Kier alpha value is -3.13. The number of rotatable bonds is 6. The molecule has 2 aromatic carbocycles. The fraction of sp³-hybridized carbons (Fsp3) is 0.158. The van der Waals surface area contributed by atoms with E-state index in [-0.39, 0.29) is 6.61 Å². The number of nitrogens with zero attached hydrogens (tertiary/aromatic N) is 1. The molecule has 0 saturated carbocycles. The molecule has 0 bridgehead atoms. The molecule has 8 heteroatoms. The van der Waals surface area contributed by atoms with Gasteiger partial charge in [-0.25, -0.2) is 10.2 Å². The van der Waals surface area contributed by atoms with E-state index in [9.17, 15) is 14.4 Å². The minimum absolute atomic E-state index is 0.278. The van der Waals surface area contributed by atoms with Gasteiger partial charge < -0.3 is 10.1 Å². The van der Waals surface area contributed by atoms with E-state index in [4.69, 9.17) is 4.74 Å². The van der Waals surface area contributed by atoms with Crippen LogP contribution >= 0.6 is 11.8 Å². The van der Waals surface area contributed by atoms with Gasteiger partial charge in [-0.2, -0.15) is 5.10 Å². The second-order valence-electron chi connectivity index (χ2n) is 5.22. The molecule has 0 aliphatic carbocycles. The highest BCUT2D eigenvalue weighted by Gasteiger charge is 2.13. The van der Waals surface area contributed by atoms with Crippen molar-refractivity contribution in [2.45, 2.75) is 11.8 Å². The minimum Gasteiger partial charge on any atom is -0.462 e. The summed E-state index contributed by atoms with van der Waals surface area (Å²) >= 11 is 1.62. The zero-order valence-electron chi connectivity index (χ0n) is 14.9. The Morgan fingerprint density at radius 1 is 1.04 bits per heavy atom. The highest BCUT2D eigenvalue weighted by atomic mass is 32.2. The fourth-order valence-corrected chi connectivity index (χ4v) is 2.41. The quantitative estimate of drug-likeness (QED) is 0.262. The van der Waals surface area contributed by atoms with E-state index in [2.05, 4.69) is 15.8 Å². The first kappa shape index (κ1) is 20.2. The molecular formula is C19H19N3O4S. The SMILES string of the molecule is CCOC(=O)c1ccc(NC(=O)C(=O)N/N=C/c2ccc(SC)cc2)cc1. The summed E-state index contributed by atoms with van der Waals surface area (Å²) < 4.78 is 4.87. The number of esters is 1. The summed E-state index contributed by atoms with van der Waals surface area (Å²) in [7, 11) is 0. The summed E-state index contributed by atoms with van der Waals surface area (Å²) in [5.41, 5.74) is 3.69. The van der Waals surface area contributed by atoms with Gasteiger partial charge in [0.15, 0.2) is 0 Å². The smallest absolute Gasteiger partial charge is 0.338 e. The van der Waals surface area contributed by atoms with Crippen molar-refractivity contribution in [1.82, 2.24) is 5.43 Å². The van der Waals surface area contributed by atoms with Crippen LogP contribution in [-0.2, 0) is 14.3 Å². The maximum absolute atomic E-state index is 11.9. The lowest BCUT2D eigenvalue weighted by Crippen LogP contribution is -2.32. The number of nitrogens with one attached hydrogen (secondary N) is 2. The molecule has 0 aliphatic rings. The number of carbonyl (C=O) groups excluding carboxylic acids is 3. The highest BCUT2D eigenvalue weighted by Crippen LogP contribution is 2.14. The van der Waals surface area contributed by atoms with Crippen LogP contribution in [0.1, 0.15) is 22.8 Å². The van der Waals surface area contributed by atoms with Gasteiger partial charge in [0.05, 0.1) is 18.4 Å². The molecule has 2 N–H and O–H groups in total. The topological polar surface area (TPSA) is 96.9 Å². The van der Waals surface area contributed by atoms with E-state index in [1.807, 2.05) is 30.5 Å². The fourth-order valence-electron chi connectivity index (χ4n) is 2.00. The normalized spacial score (nSPS) is 10.4. The van der Waals surface area contributed by atoms with Gasteiger partial charge in [-0.1, -0.05) is 12.1 Å². The Bertz CT molecular complexity index is 833. The molecule has 0 aromatic heterocycles. The number of hydrogen-bond donors (Lipinski definition) is 2. The van der Waals surface area contributed by atoms with Gasteiger partial charge >= 0.3 is 17.8 Å². The maximum Gasteiger partial charge on any atom is 0.338 e.